The van der Waals surface area contributed by atoms with Crippen LogP contribution in [-0.2, 0) is 27.1 Å². The molecule has 0 radical (unpaired) electrons. The number of rotatable bonds is 6. The average Bonchev–Trinajstić information content (AvgIpc) is 3.54. The van der Waals surface area contributed by atoms with Crippen LogP contribution in [0.15, 0.2) is 170 Å². The second-order valence-electron chi connectivity index (χ2n) is 25.3. The second kappa shape index (κ2) is 16.1. The van der Waals surface area contributed by atoms with E-state index in [1.165, 1.54) is 95.0 Å². The largest absolute Gasteiger partial charge is 0.311 e. The molecule has 0 fully saturated rings. The van der Waals surface area contributed by atoms with Gasteiger partial charge in [0.25, 0.3) is 6.71 Å². The third kappa shape index (κ3) is 7.29. The van der Waals surface area contributed by atoms with Gasteiger partial charge in [0.1, 0.15) is 0 Å². The van der Waals surface area contributed by atoms with Crippen molar-refractivity contribution in [1.29, 1.82) is 0 Å². The van der Waals surface area contributed by atoms with Crippen LogP contribution in [0.4, 0.5) is 51.2 Å². The molecule has 0 spiro atoms. The quantitative estimate of drug-likeness (QED) is 0.154. The molecule has 0 amide bonds. The molecule has 0 saturated heterocycles. The van der Waals surface area contributed by atoms with Crippen molar-refractivity contribution in [1.82, 2.24) is 0 Å². The van der Waals surface area contributed by atoms with E-state index in [1.54, 1.807) is 0 Å². The Morgan fingerprint density at radius 3 is 1.61 bits per heavy atom. The van der Waals surface area contributed by atoms with Gasteiger partial charge in [-0.3, -0.25) is 0 Å². The van der Waals surface area contributed by atoms with E-state index in [9.17, 15) is 0 Å². The average molecular weight is 940 g/mol. The van der Waals surface area contributed by atoms with Crippen LogP contribution >= 0.6 is 0 Å². The lowest BCUT2D eigenvalue weighted by molar-refractivity contribution is 0.332. The van der Waals surface area contributed by atoms with E-state index in [-0.39, 0.29) is 33.8 Å². The number of anilines is 9. The lowest BCUT2D eigenvalue weighted by Gasteiger charge is -2.48. The van der Waals surface area contributed by atoms with E-state index in [0.29, 0.717) is 0 Å². The summed E-state index contributed by atoms with van der Waals surface area (Å²) in [6, 6.07) is 65.3. The van der Waals surface area contributed by atoms with Gasteiger partial charge in [0.2, 0.25) is 0 Å². The molecule has 8 aromatic rings. The molecule has 4 aliphatic rings. The van der Waals surface area contributed by atoms with Gasteiger partial charge in [0, 0.05) is 51.1 Å². The Morgan fingerprint density at radius 1 is 0.444 bits per heavy atom. The highest BCUT2D eigenvalue weighted by Crippen LogP contribution is 2.55. The predicted octanol–water partition coefficient (Wildman–Crippen LogP) is 16.8. The van der Waals surface area contributed by atoms with Gasteiger partial charge in [-0.2, -0.15) is 0 Å². The summed E-state index contributed by atoms with van der Waals surface area (Å²) in [7, 11) is 0. The fraction of sp³-hybridized carbons (Fsp3) is 0.294. The van der Waals surface area contributed by atoms with E-state index in [1.807, 2.05) is 0 Å². The van der Waals surface area contributed by atoms with Gasteiger partial charge in [-0.15, -0.1) is 0 Å². The van der Waals surface area contributed by atoms with Crippen molar-refractivity contribution in [2.75, 3.05) is 14.7 Å². The van der Waals surface area contributed by atoms with E-state index >= 15 is 0 Å². The minimum Gasteiger partial charge on any atom is -0.311 e. The maximum Gasteiger partial charge on any atom is 0.252 e. The SMILES string of the molecule is Cc1cc2c3c(c1)N(c1ccc(C(C)(C)C)cc1-c1ccccc1)c1ccc(N(c4ccccc4)c4ccccc4)cc1B3c1cc3c(cc1N2c1ccc2c(c1)C(C)(C)CC2(C)C)C(C)(C)CCC3(C)C. The van der Waals surface area contributed by atoms with Crippen molar-refractivity contribution in [3.63, 3.8) is 0 Å². The fourth-order valence-corrected chi connectivity index (χ4v) is 13.6. The Labute approximate surface area is 430 Å². The predicted molar refractivity (Wildman–Crippen MR) is 310 cm³/mol. The van der Waals surface area contributed by atoms with E-state index in [0.717, 1.165) is 36.3 Å². The summed E-state index contributed by atoms with van der Waals surface area (Å²) in [6.45, 7) is 29.0. The number of hydrogen-bond acceptors (Lipinski definition) is 3. The van der Waals surface area contributed by atoms with Crippen molar-refractivity contribution < 1.29 is 0 Å². The number of nitrogens with zero attached hydrogens (tertiary/aromatic N) is 3. The molecular weight excluding hydrogens is 870 g/mol. The molecule has 3 nitrogen and oxygen atoms in total. The zero-order valence-corrected chi connectivity index (χ0v) is 44.7. The summed E-state index contributed by atoms with van der Waals surface area (Å²) < 4.78 is 0. The monoisotopic (exact) mass is 940 g/mol. The molecular formula is C68H70BN3. The summed E-state index contributed by atoms with van der Waals surface area (Å²) in [5.41, 5.74) is 26.0. The van der Waals surface area contributed by atoms with Crippen molar-refractivity contribution >= 4 is 74.3 Å². The Kier molecular flexibility index (Phi) is 10.4. The number of fused-ring (bicyclic) bond motifs is 6. The summed E-state index contributed by atoms with van der Waals surface area (Å²) in [6.07, 6.45) is 3.44. The highest BCUT2D eigenvalue weighted by molar-refractivity contribution is 7.00. The first-order chi connectivity index (χ1) is 34.2. The van der Waals surface area contributed by atoms with Crippen LogP contribution in [0.5, 0.6) is 0 Å². The van der Waals surface area contributed by atoms with Crippen LogP contribution in [0.3, 0.4) is 0 Å². The maximum atomic E-state index is 2.69. The first-order valence-electron chi connectivity index (χ1n) is 26.5. The summed E-state index contributed by atoms with van der Waals surface area (Å²) in [5, 5.41) is 0. The number of benzene rings is 8. The third-order valence-electron chi connectivity index (χ3n) is 17.2. The first-order valence-corrected chi connectivity index (χ1v) is 26.5. The topological polar surface area (TPSA) is 9.72 Å². The maximum absolute atomic E-state index is 2.69. The number of aryl methyl sites for hydroxylation is 1. The Morgan fingerprint density at radius 2 is 0.986 bits per heavy atom. The molecule has 4 heteroatoms. The number of para-hydroxylation sites is 2. The Balaban J connectivity index is 1.21. The smallest absolute Gasteiger partial charge is 0.252 e. The van der Waals surface area contributed by atoms with Crippen molar-refractivity contribution in [3.8, 4) is 11.1 Å². The summed E-state index contributed by atoms with van der Waals surface area (Å²) in [4.78, 5) is 7.76. The molecule has 2 aliphatic carbocycles. The van der Waals surface area contributed by atoms with Crippen molar-refractivity contribution in [2.45, 2.75) is 129 Å². The molecule has 2 heterocycles. The zero-order valence-electron chi connectivity index (χ0n) is 44.7. The van der Waals surface area contributed by atoms with Gasteiger partial charge in [-0.1, -0.05) is 161 Å². The van der Waals surface area contributed by atoms with Crippen molar-refractivity contribution in [2.24, 2.45) is 0 Å². The van der Waals surface area contributed by atoms with Crippen LogP contribution in [0.25, 0.3) is 11.1 Å². The van der Waals surface area contributed by atoms with Gasteiger partial charge in [0.15, 0.2) is 0 Å². The van der Waals surface area contributed by atoms with Crippen molar-refractivity contribution in [3.05, 3.63) is 203 Å². The molecule has 360 valence electrons. The van der Waals surface area contributed by atoms with E-state index in [4.69, 9.17) is 0 Å². The molecule has 0 aromatic heterocycles. The normalized spacial score (nSPS) is 17.4. The second-order valence-corrected chi connectivity index (χ2v) is 25.3. The van der Waals surface area contributed by atoms with Gasteiger partial charge >= 0.3 is 0 Å². The minimum absolute atomic E-state index is 0.0203. The Hall–Kier alpha value is -6.78. The molecule has 2 aliphatic heterocycles. The highest BCUT2D eigenvalue weighted by Gasteiger charge is 2.48. The zero-order chi connectivity index (χ0) is 50.3. The molecule has 72 heavy (non-hydrogen) atoms. The van der Waals surface area contributed by atoms with Crippen LogP contribution in [0, 0.1) is 6.92 Å². The first kappa shape index (κ1) is 46.3. The van der Waals surface area contributed by atoms with Gasteiger partial charge < -0.3 is 14.7 Å². The molecule has 12 rings (SSSR count). The van der Waals surface area contributed by atoms with Gasteiger partial charge in [0.05, 0.1) is 5.69 Å². The van der Waals surface area contributed by atoms with Crippen LogP contribution in [-0.4, -0.2) is 6.71 Å². The van der Waals surface area contributed by atoms with E-state index in [2.05, 4.69) is 268 Å². The van der Waals surface area contributed by atoms with Gasteiger partial charge in [-0.05, 0) is 194 Å². The molecule has 0 N–H and O–H groups in total. The summed E-state index contributed by atoms with van der Waals surface area (Å²) in [5.74, 6) is 0. The van der Waals surface area contributed by atoms with E-state index < -0.39 is 0 Å². The lowest BCUT2D eigenvalue weighted by Crippen LogP contribution is -2.62. The third-order valence-corrected chi connectivity index (χ3v) is 17.2. The van der Waals surface area contributed by atoms with Gasteiger partial charge in [-0.25, -0.2) is 0 Å². The molecule has 0 unspecified atom stereocenters. The lowest BCUT2D eigenvalue weighted by atomic mass is 9.33. The molecule has 0 bridgehead atoms. The number of hydrogen-bond donors (Lipinski definition) is 0. The fourth-order valence-electron chi connectivity index (χ4n) is 13.6. The summed E-state index contributed by atoms with van der Waals surface area (Å²) >= 11 is 0. The molecule has 0 atom stereocenters. The van der Waals surface area contributed by atoms with Crippen LogP contribution in [0.1, 0.15) is 129 Å². The standard InChI is InChI=1S/C68H70BN3/c1-44-36-61-63-62(37-44)72(58-32-28-46(64(2,3)4)38-51(58)45-22-16-13-17-23-45)59-33-30-50(70(47-24-18-14-19-25-47)48-26-20-15-21-27-48)40-56(59)69(63)57-41-54-55(66(7,8)35-34-65(54,5)6)42-60(57)71(61)49-29-31-52-53(39-49)68(11,12)43-67(52,9)10/h13-33,36-42H,34-35,43H2,1-12H3. The highest BCUT2D eigenvalue weighted by atomic mass is 15.2. The molecule has 0 saturated carbocycles. The van der Waals surface area contributed by atoms with Crippen LogP contribution < -0.4 is 31.1 Å². The Bertz CT molecular complexity index is 3410. The molecule has 8 aromatic carbocycles. The van der Waals surface area contributed by atoms with Crippen LogP contribution in [0.2, 0.25) is 0 Å². The minimum atomic E-state index is -0.0496.